The van der Waals surface area contributed by atoms with E-state index >= 15 is 0 Å². The van der Waals surface area contributed by atoms with Gasteiger partial charge in [-0.05, 0) is 25.8 Å². The quantitative estimate of drug-likeness (QED) is 0.632. The molecule has 0 saturated carbocycles. The number of imidazole rings is 1. The minimum atomic E-state index is -0.267. The predicted molar refractivity (Wildman–Crippen MR) is 62.7 cm³/mol. The van der Waals surface area contributed by atoms with Gasteiger partial charge >= 0.3 is 0 Å². The molecule has 5 nitrogen and oxygen atoms in total. The third kappa shape index (κ3) is 4.44. The molecule has 0 radical (unpaired) electrons. The van der Waals surface area contributed by atoms with Gasteiger partial charge in [-0.25, -0.2) is 4.98 Å². The molecular formula is C11H20N4O. The average Bonchev–Trinajstić information content (AvgIpc) is 2.75. The number of nitrogens with two attached hydrogens (primary N) is 1. The lowest BCUT2D eigenvalue weighted by Gasteiger charge is -2.12. The van der Waals surface area contributed by atoms with Crippen molar-refractivity contribution in [1.82, 2.24) is 14.9 Å². The van der Waals surface area contributed by atoms with Gasteiger partial charge < -0.3 is 15.6 Å². The maximum absolute atomic E-state index is 10.9. The molecule has 0 aromatic carbocycles. The number of primary amides is 1. The average molecular weight is 224 g/mol. The molecule has 0 fully saturated rings. The number of aromatic nitrogens is 2. The first-order chi connectivity index (χ1) is 7.74. The van der Waals surface area contributed by atoms with Crippen molar-refractivity contribution in [3.05, 3.63) is 18.7 Å². The maximum atomic E-state index is 10.9. The van der Waals surface area contributed by atoms with Gasteiger partial charge in [-0.15, -0.1) is 0 Å². The van der Waals surface area contributed by atoms with Crippen molar-refractivity contribution in [2.24, 2.45) is 5.73 Å². The van der Waals surface area contributed by atoms with Gasteiger partial charge in [-0.1, -0.05) is 6.92 Å². The Bertz CT molecular complexity index is 297. The molecule has 1 rings (SSSR count). The highest BCUT2D eigenvalue weighted by molar-refractivity contribution is 5.79. The molecule has 1 atom stereocenters. The molecule has 1 aromatic rings. The lowest BCUT2D eigenvalue weighted by atomic mass is 10.2. The number of rotatable bonds is 8. The highest BCUT2D eigenvalue weighted by Crippen LogP contribution is 1.95. The van der Waals surface area contributed by atoms with Crippen LogP contribution in [0.2, 0.25) is 0 Å². The molecule has 16 heavy (non-hydrogen) atoms. The number of nitrogens with zero attached hydrogens (tertiary/aromatic N) is 2. The lowest BCUT2D eigenvalue weighted by molar-refractivity contribution is -0.120. The van der Waals surface area contributed by atoms with E-state index in [4.69, 9.17) is 5.73 Å². The number of hydrogen-bond donors (Lipinski definition) is 2. The van der Waals surface area contributed by atoms with Crippen LogP contribution in [0.15, 0.2) is 18.7 Å². The number of nitrogens with one attached hydrogen (secondary N) is 1. The Hall–Kier alpha value is -1.36. The van der Waals surface area contributed by atoms with Crippen LogP contribution in [0.4, 0.5) is 0 Å². The summed E-state index contributed by atoms with van der Waals surface area (Å²) >= 11 is 0. The van der Waals surface area contributed by atoms with Crippen molar-refractivity contribution in [1.29, 1.82) is 0 Å². The van der Waals surface area contributed by atoms with Crippen LogP contribution in [-0.2, 0) is 11.3 Å². The smallest absolute Gasteiger partial charge is 0.234 e. The van der Waals surface area contributed by atoms with Gasteiger partial charge in [-0.2, -0.15) is 0 Å². The van der Waals surface area contributed by atoms with Gasteiger partial charge in [0.15, 0.2) is 0 Å². The zero-order chi connectivity index (χ0) is 11.8. The van der Waals surface area contributed by atoms with Crippen molar-refractivity contribution in [2.75, 3.05) is 6.54 Å². The van der Waals surface area contributed by atoms with Gasteiger partial charge in [-0.3, -0.25) is 4.79 Å². The normalized spacial score (nSPS) is 12.6. The summed E-state index contributed by atoms with van der Waals surface area (Å²) in [5.41, 5.74) is 5.23. The first-order valence-corrected chi connectivity index (χ1v) is 5.72. The van der Waals surface area contributed by atoms with Crippen LogP contribution in [0, 0.1) is 0 Å². The molecule has 1 unspecified atom stereocenters. The van der Waals surface area contributed by atoms with E-state index in [1.165, 1.54) is 0 Å². The van der Waals surface area contributed by atoms with Crippen molar-refractivity contribution in [3.63, 3.8) is 0 Å². The summed E-state index contributed by atoms with van der Waals surface area (Å²) in [6, 6.07) is -0.187. The number of hydrogen-bond acceptors (Lipinski definition) is 3. The van der Waals surface area contributed by atoms with Gasteiger partial charge in [0.25, 0.3) is 0 Å². The number of carbonyl (C=O) groups is 1. The highest BCUT2D eigenvalue weighted by atomic mass is 16.1. The molecule has 0 spiro atoms. The molecular weight excluding hydrogens is 204 g/mol. The molecule has 90 valence electrons. The van der Waals surface area contributed by atoms with Gasteiger partial charge in [0.05, 0.1) is 12.4 Å². The van der Waals surface area contributed by atoms with Gasteiger partial charge in [0.2, 0.25) is 5.91 Å². The van der Waals surface area contributed by atoms with E-state index in [0.717, 1.165) is 32.4 Å². The summed E-state index contributed by atoms with van der Waals surface area (Å²) in [6.45, 7) is 3.75. The second-order valence-electron chi connectivity index (χ2n) is 3.82. The van der Waals surface area contributed by atoms with E-state index in [9.17, 15) is 4.79 Å². The Morgan fingerprint density at radius 3 is 2.94 bits per heavy atom. The van der Waals surface area contributed by atoms with E-state index in [1.807, 2.05) is 24.0 Å². The summed E-state index contributed by atoms with van der Waals surface area (Å²) < 4.78 is 2.05. The van der Waals surface area contributed by atoms with Crippen LogP contribution >= 0.6 is 0 Å². The van der Waals surface area contributed by atoms with Crippen LogP contribution in [0.1, 0.15) is 26.2 Å². The number of aryl methyl sites for hydroxylation is 1. The molecule has 1 amide bonds. The second kappa shape index (κ2) is 7.00. The Kier molecular flexibility index (Phi) is 5.56. The summed E-state index contributed by atoms with van der Waals surface area (Å²) in [7, 11) is 0. The molecule has 0 aliphatic rings. The first kappa shape index (κ1) is 12.7. The van der Waals surface area contributed by atoms with Crippen LogP contribution in [-0.4, -0.2) is 28.0 Å². The first-order valence-electron chi connectivity index (χ1n) is 5.72. The zero-order valence-corrected chi connectivity index (χ0v) is 9.72. The molecule has 0 bridgehead atoms. The molecule has 5 heteroatoms. The molecule has 0 aliphatic heterocycles. The van der Waals surface area contributed by atoms with Crippen LogP contribution in [0.5, 0.6) is 0 Å². The van der Waals surface area contributed by atoms with Crippen molar-refractivity contribution in [3.8, 4) is 0 Å². The topological polar surface area (TPSA) is 72.9 Å². The maximum Gasteiger partial charge on any atom is 0.234 e. The van der Waals surface area contributed by atoms with E-state index in [-0.39, 0.29) is 11.9 Å². The third-order valence-corrected chi connectivity index (χ3v) is 2.54. The second-order valence-corrected chi connectivity index (χ2v) is 3.82. The third-order valence-electron chi connectivity index (χ3n) is 2.54. The summed E-state index contributed by atoms with van der Waals surface area (Å²) in [4.78, 5) is 14.9. The van der Waals surface area contributed by atoms with Crippen molar-refractivity contribution in [2.45, 2.75) is 38.8 Å². The van der Waals surface area contributed by atoms with Crippen LogP contribution in [0.25, 0.3) is 0 Å². The molecule has 0 aliphatic carbocycles. The zero-order valence-electron chi connectivity index (χ0n) is 9.72. The van der Waals surface area contributed by atoms with Gasteiger partial charge in [0.1, 0.15) is 0 Å². The highest BCUT2D eigenvalue weighted by Gasteiger charge is 2.10. The monoisotopic (exact) mass is 224 g/mol. The van der Waals surface area contributed by atoms with Gasteiger partial charge in [0, 0.05) is 18.9 Å². The molecule has 0 saturated heterocycles. The largest absolute Gasteiger partial charge is 0.368 e. The number of unbranched alkanes of at least 4 members (excludes halogenated alkanes) is 1. The van der Waals surface area contributed by atoms with E-state index in [2.05, 4.69) is 10.3 Å². The Morgan fingerprint density at radius 2 is 2.38 bits per heavy atom. The fourth-order valence-electron chi connectivity index (χ4n) is 1.56. The predicted octanol–water partition coefficient (Wildman–Crippen LogP) is 0.517. The standard InChI is InChI=1S/C11H20N4O/c1-2-10(11(12)16)14-5-3-4-7-15-8-6-13-9-15/h6,8-10,14H,2-5,7H2,1H3,(H2,12,16). The van der Waals surface area contributed by atoms with Crippen LogP contribution < -0.4 is 11.1 Å². The van der Waals surface area contributed by atoms with E-state index < -0.39 is 0 Å². The SMILES string of the molecule is CCC(NCCCCn1ccnc1)C(N)=O. The number of carbonyl (C=O) groups excluding carboxylic acids is 1. The van der Waals surface area contributed by atoms with Crippen LogP contribution in [0.3, 0.4) is 0 Å². The number of amides is 1. The fraction of sp³-hybridized carbons (Fsp3) is 0.636. The minimum absolute atomic E-state index is 0.187. The Labute approximate surface area is 96.0 Å². The molecule has 1 heterocycles. The summed E-state index contributed by atoms with van der Waals surface area (Å²) in [6.07, 6.45) is 8.38. The fourth-order valence-corrected chi connectivity index (χ4v) is 1.56. The van der Waals surface area contributed by atoms with Crippen molar-refractivity contribution < 1.29 is 4.79 Å². The van der Waals surface area contributed by atoms with E-state index in [0.29, 0.717) is 0 Å². The van der Waals surface area contributed by atoms with E-state index in [1.54, 1.807) is 6.20 Å². The molecule has 3 N–H and O–H groups in total. The molecule has 1 aromatic heterocycles. The minimum Gasteiger partial charge on any atom is -0.368 e. The lowest BCUT2D eigenvalue weighted by Crippen LogP contribution is -2.41. The van der Waals surface area contributed by atoms with Crippen molar-refractivity contribution >= 4 is 5.91 Å². The summed E-state index contributed by atoms with van der Waals surface area (Å²) in [5.74, 6) is -0.267. The summed E-state index contributed by atoms with van der Waals surface area (Å²) in [5, 5.41) is 3.15. The Balaban J connectivity index is 2.05. The Morgan fingerprint density at radius 1 is 1.56 bits per heavy atom.